The van der Waals surface area contributed by atoms with Crippen molar-refractivity contribution < 1.29 is 9.59 Å². The van der Waals surface area contributed by atoms with Gasteiger partial charge in [0.2, 0.25) is 0 Å². The minimum absolute atomic E-state index is 0.00737. The number of nitrogens with zero attached hydrogens (tertiary/aromatic N) is 3. The lowest BCUT2D eigenvalue weighted by Crippen LogP contribution is -2.55. The Morgan fingerprint density at radius 1 is 1.07 bits per heavy atom. The largest absolute Gasteiger partial charge is 0.326 e. The number of benzene rings is 1. The van der Waals surface area contributed by atoms with E-state index in [0.717, 1.165) is 58.4 Å². The van der Waals surface area contributed by atoms with Gasteiger partial charge in [-0.25, -0.2) is 9.69 Å². The van der Waals surface area contributed by atoms with Gasteiger partial charge in [0.25, 0.3) is 5.91 Å². The van der Waals surface area contributed by atoms with Gasteiger partial charge in [-0.2, -0.15) is 0 Å². The van der Waals surface area contributed by atoms with Crippen LogP contribution >= 0.6 is 0 Å². The predicted molar refractivity (Wildman–Crippen MR) is 109 cm³/mol. The quantitative estimate of drug-likeness (QED) is 0.811. The second-order valence-corrected chi connectivity index (χ2v) is 8.74. The van der Waals surface area contributed by atoms with E-state index < -0.39 is 5.54 Å². The Morgan fingerprint density at radius 2 is 1.79 bits per heavy atom. The van der Waals surface area contributed by atoms with Gasteiger partial charge in [-0.15, -0.1) is 0 Å². The van der Waals surface area contributed by atoms with Gasteiger partial charge in [-0.05, 0) is 36.8 Å². The normalized spacial score (nSPS) is 29.5. The zero-order chi connectivity index (χ0) is 19.7. The number of aryl methyl sites for hydroxylation is 1. The molecule has 2 atom stereocenters. The Morgan fingerprint density at radius 3 is 2.50 bits per heavy atom. The molecule has 2 heterocycles. The molecule has 3 amide bonds. The van der Waals surface area contributed by atoms with E-state index in [9.17, 15) is 9.59 Å². The molecule has 1 spiro atoms. The van der Waals surface area contributed by atoms with E-state index in [1.807, 2.05) is 0 Å². The average molecular weight is 385 g/mol. The summed E-state index contributed by atoms with van der Waals surface area (Å²) in [4.78, 5) is 31.8. The molecule has 28 heavy (non-hydrogen) atoms. The standard InChI is InChI=1S/C22H32N4O2/c1-17-7-3-4-9-19(17)15-24-11-13-25(14-12-24)16-26-20(27)22(23-21(26)28)10-6-5-8-18(22)2/h3-4,7,9,18H,5-6,8,10-16H2,1-2H3,(H,23,28)/t18-,22-/m0/s1. The van der Waals surface area contributed by atoms with Gasteiger partial charge in [-0.1, -0.05) is 44.0 Å². The average Bonchev–Trinajstić information content (AvgIpc) is 2.92. The van der Waals surface area contributed by atoms with Crippen molar-refractivity contribution in [1.29, 1.82) is 0 Å². The third-order valence-corrected chi connectivity index (χ3v) is 6.96. The summed E-state index contributed by atoms with van der Waals surface area (Å²) in [6, 6.07) is 8.32. The minimum Gasteiger partial charge on any atom is -0.323 e. The molecular formula is C22H32N4O2. The molecule has 0 unspecified atom stereocenters. The van der Waals surface area contributed by atoms with E-state index in [4.69, 9.17) is 0 Å². The van der Waals surface area contributed by atoms with Gasteiger partial charge < -0.3 is 5.32 Å². The topological polar surface area (TPSA) is 55.9 Å². The van der Waals surface area contributed by atoms with E-state index >= 15 is 0 Å². The Labute approximate surface area is 167 Å². The van der Waals surface area contributed by atoms with E-state index in [2.05, 4.69) is 53.2 Å². The molecule has 0 aromatic heterocycles. The maximum Gasteiger partial charge on any atom is 0.326 e. The third kappa shape index (κ3) is 3.55. The Bertz CT molecular complexity index is 744. The van der Waals surface area contributed by atoms with E-state index in [1.54, 1.807) is 0 Å². The number of hydrogen-bond donors (Lipinski definition) is 1. The Hall–Kier alpha value is -1.92. The molecule has 2 saturated heterocycles. The number of amides is 3. The fraction of sp³-hybridized carbons (Fsp3) is 0.636. The van der Waals surface area contributed by atoms with Crippen LogP contribution in [0.5, 0.6) is 0 Å². The molecule has 1 aliphatic carbocycles. The van der Waals surface area contributed by atoms with Crippen molar-refractivity contribution in [3.05, 3.63) is 35.4 Å². The molecule has 1 N–H and O–H groups in total. The van der Waals surface area contributed by atoms with Gasteiger partial charge in [0.15, 0.2) is 0 Å². The zero-order valence-electron chi connectivity index (χ0n) is 17.1. The van der Waals surface area contributed by atoms with Crippen LogP contribution in [0.15, 0.2) is 24.3 Å². The summed E-state index contributed by atoms with van der Waals surface area (Å²) in [6.45, 7) is 9.31. The summed E-state index contributed by atoms with van der Waals surface area (Å²) in [5.74, 6) is 0.209. The number of urea groups is 1. The summed E-state index contributed by atoms with van der Waals surface area (Å²) in [5, 5.41) is 3.06. The van der Waals surface area contributed by atoms with Gasteiger partial charge in [0.1, 0.15) is 5.54 Å². The van der Waals surface area contributed by atoms with Gasteiger partial charge in [0.05, 0.1) is 6.67 Å². The summed E-state index contributed by atoms with van der Waals surface area (Å²) in [6.07, 6.45) is 3.95. The van der Waals surface area contributed by atoms with Crippen LogP contribution in [0.2, 0.25) is 0 Å². The summed E-state index contributed by atoms with van der Waals surface area (Å²) < 4.78 is 0. The van der Waals surface area contributed by atoms with Crippen LogP contribution in [-0.4, -0.2) is 65.0 Å². The molecule has 4 rings (SSSR count). The third-order valence-electron chi connectivity index (χ3n) is 6.96. The monoisotopic (exact) mass is 384 g/mol. The maximum absolute atomic E-state index is 13.1. The second kappa shape index (κ2) is 7.84. The van der Waals surface area contributed by atoms with E-state index in [0.29, 0.717) is 6.67 Å². The molecule has 6 heteroatoms. The highest BCUT2D eigenvalue weighted by atomic mass is 16.2. The lowest BCUT2D eigenvalue weighted by molar-refractivity contribution is -0.136. The van der Waals surface area contributed by atoms with Crippen molar-refractivity contribution in [3.8, 4) is 0 Å². The first-order chi connectivity index (χ1) is 13.5. The minimum atomic E-state index is -0.651. The number of piperazine rings is 1. The maximum atomic E-state index is 13.1. The smallest absolute Gasteiger partial charge is 0.323 e. The molecule has 3 fully saturated rings. The Kier molecular flexibility index (Phi) is 5.43. The van der Waals surface area contributed by atoms with Crippen LogP contribution in [0.25, 0.3) is 0 Å². The van der Waals surface area contributed by atoms with Gasteiger partial charge in [-0.3, -0.25) is 14.6 Å². The van der Waals surface area contributed by atoms with Crippen molar-refractivity contribution in [2.75, 3.05) is 32.8 Å². The molecule has 1 saturated carbocycles. The number of nitrogens with one attached hydrogen (secondary N) is 1. The summed E-state index contributed by atoms with van der Waals surface area (Å²) >= 11 is 0. The Balaban J connectivity index is 1.33. The van der Waals surface area contributed by atoms with Crippen molar-refractivity contribution in [3.63, 3.8) is 0 Å². The van der Waals surface area contributed by atoms with E-state index in [1.165, 1.54) is 16.0 Å². The first kappa shape index (κ1) is 19.4. The highest BCUT2D eigenvalue weighted by molar-refractivity contribution is 6.07. The van der Waals surface area contributed by atoms with Crippen molar-refractivity contribution in [2.45, 2.75) is 51.6 Å². The highest BCUT2D eigenvalue weighted by Crippen LogP contribution is 2.38. The lowest BCUT2D eigenvalue weighted by Gasteiger charge is -2.38. The second-order valence-electron chi connectivity index (χ2n) is 8.74. The number of rotatable bonds is 4. The molecule has 2 aliphatic heterocycles. The summed E-state index contributed by atoms with van der Waals surface area (Å²) in [5.41, 5.74) is 2.05. The highest BCUT2D eigenvalue weighted by Gasteiger charge is 2.55. The molecule has 1 aromatic carbocycles. The number of carbonyl (C=O) groups is 2. The lowest BCUT2D eigenvalue weighted by atomic mass is 9.73. The van der Waals surface area contributed by atoms with Crippen LogP contribution in [-0.2, 0) is 11.3 Å². The van der Waals surface area contributed by atoms with Crippen LogP contribution in [0.1, 0.15) is 43.7 Å². The van der Waals surface area contributed by atoms with Crippen molar-refractivity contribution >= 4 is 11.9 Å². The zero-order valence-corrected chi connectivity index (χ0v) is 17.1. The molecule has 6 nitrogen and oxygen atoms in total. The van der Waals surface area contributed by atoms with Gasteiger partial charge >= 0.3 is 6.03 Å². The molecule has 3 aliphatic rings. The molecule has 0 bridgehead atoms. The van der Waals surface area contributed by atoms with Crippen molar-refractivity contribution in [1.82, 2.24) is 20.0 Å². The fourth-order valence-electron chi connectivity index (χ4n) is 4.94. The number of carbonyl (C=O) groups excluding carboxylic acids is 2. The SMILES string of the molecule is Cc1ccccc1CN1CCN(CN2C(=O)N[C@]3(CCCC[C@@H]3C)C2=O)CC1. The fourth-order valence-corrected chi connectivity index (χ4v) is 4.94. The molecule has 1 aromatic rings. The number of imide groups is 1. The molecule has 0 radical (unpaired) electrons. The number of hydrogen-bond acceptors (Lipinski definition) is 4. The molecular weight excluding hydrogens is 352 g/mol. The first-order valence-electron chi connectivity index (χ1n) is 10.6. The van der Waals surface area contributed by atoms with Crippen LogP contribution < -0.4 is 5.32 Å². The van der Waals surface area contributed by atoms with Gasteiger partial charge in [0, 0.05) is 32.7 Å². The summed E-state index contributed by atoms with van der Waals surface area (Å²) in [7, 11) is 0. The first-order valence-corrected chi connectivity index (χ1v) is 10.6. The van der Waals surface area contributed by atoms with Crippen LogP contribution in [0.4, 0.5) is 4.79 Å². The van der Waals surface area contributed by atoms with Crippen LogP contribution in [0, 0.1) is 12.8 Å². The van der Waals surface area contributed by atoms with E-state index in [-0.39, 0.29) is 17.9 Å². The predicted octanol–water partition coefficient (Wildman–Crippen LogP) is 2.57. The molecule has 152 valence electrons. The van der Waals surface area contributed by atoms with Crippen LogP contribution in [0.3, 0.4) is 0 Å². The van der Waals surface area contributed by atoms with Crippen molar-refractivity contribution in [2.24, 2.45) is 5.92 Å².